The van der Waals surface area contributed by atoms with Crippen molar-refractivity contribution < 1.29 is 4.74 Å². The Bertz CT molecular complexity index is 648. The smallest absolute Gasteiger partial charge is 0.241 e. The molecule has 4 rings (SSSR count). The molecule has 1 N–H and O–H groups in total. The summed E-state index contributed by atoms with van der Waals surface area (Å²) in [4.78, 5) is 8.85. The first-order valence-corrected chi connectivity index (χ1v) is 7.94. The summed E-state index contributed by atoms with van der Waals surface area (Å²) in [5, 5.41) is 8.49. The molecule has 0 unspecified atom stereocenters. The second kappa shape index (κ2) is 5.42. The van der Waals surface area contributed by atoms with Crippen LogP contribution >= 0.6 is 11.6 Å². The van der Waals surface area contributed by atoms with E-state index >= 15 is 0 Å². The standard InChI is InChI=1S/C14H18ClN5O/c15-12-11-8-16-14(17-10-4-6-21-7-5-10)19-20(11)13(18-12)9-2-1-3-9/h8-10H,1-7H2,(H,17,19). The highest BCUT2D eigenvalue weighted by atomic mass is 35.5. The van der Waals surface area contributed by atoms with Crippen LogP contribution < -0.4 is 5.32 Å². The first-order chi connectivity index (χ1) is 10.3. The van der Waals surface area contributed by atoms with E-state index < -0.39 is 0 Å². The lowest BCUT2D eigenvalue weighted by molar-refractivity contribution is 0.0903. The minimum Gasteiger partial charge on any atom is -0.381 e. The van der Waals surface area contributed by atoms with Crippen LogP contribution in [0.2, 0.25) is 5.15 Å². The molecule has 2 aromatic heterocycles. The summed E-state index contributed by atoms with van der Waals surface area (Å²) >= 11 is 6.20. The molecule has 21 heavy (non-hydrogen) atoms. The van der Waals surface area contributed by atoms with Gasteiger partial charge in [-0.1, -0.05) is 18.0 Å². The second-order valence-electron chi connectivity index (χ2n) is 5.80. The van der Waals surface area contributed by atoms with Crippen LogP contribution in [0.4, 0.5) is 5.95 Å². The average Bonchev–Trinajstić information content (AvgIpc) is 2.75. The fraction of sp³-hybridized carbons (Fsp3) is 0.643. The highest BCUT2D eigenvalue weighted by molar-refractivity contribution is 6.32. The Morgan fingerprint density at radius 1 is 1.24 bits per heavy atom. The predicted octanol–water partition coefficient (Wildman–Crippen LogP) is 2.64. The molecule has 2 aromatic rings. The Hall–Kier alpha value is -1.40. The summed E-state index contributed by atoms with van der Waals surface area (Å²) in [6.07, 6.45) is 7.33. The van der Waals surface area contributed by atoms with Gasteiger partial charge in [-0.05, 0) is 25.7 Å². The van der Waals surface area contributed by atoms with Gasteiger partial charge in [0.2, 0.25) is 5.95 Å². The Morgan fingerprint density at radius 3 is 2.76 bits per heavy atom. The van der Waals surface area contributed by atoms with E-state index in [0.717, 1.165) is 37.4 Å². The van der Waals surface area contributed by atoms with Crippen molar-refractivity contribution in [2.75, 3.05) is 18.5 Å². The molecular formula is C14H18ClN5O. The lowest BCUT2D eigenvalue weighted by Crippen LogP contribution is -2.29. The normalized spacial score (nSPS) is 20.6. The molecule has 1 saturated heterocycles. The average molecular weight is 308 g/mol. The van der Waals surface area contributed by atoms with E-state index in [2.05, 4.69) is 20.4 Å². The van der Waals surface area contributed by atoms with Crippen LogP contribution in [0.15, 0.2) is 6.20 Å². The molecule has 6 nitrogen and oxygen atoms in total. The third-order valence-corrected chi connectivity index (χ3v) is 4.68. The Balaban J connectivity index is 1.64. The van der Waals surface area contributed by atoms with Crippen molar-refractivity contribution in [3.8, 4) is 0 Å². The van der Waals surface area contributed by atoms with Crippen LogP contribution in [0.3, 0.4) is 0 Å². The van der Waals surface area contributed by atoms with E-state index in [1.807, 2.05) is 4.52 Å². The van der Waals surface area contributed by atoms with Crippen LogP contribution in [-0.2, 0) is 4.74 Å². The largest absolute Gasteiger partial charge is 0.381 e. The Morgan fingerprint density at radius 2 is 2.05 bits per heavy atom. The monoisotopic (exact) mass is 307 g/mol. The fourth-order valence-corrected chi connectivity index (χ4v) is 3.11. The minimum absolute atomic E-state index is 0.377. The van der Waals surface area contributed by atoms with Gasteiger partial charge < -0.3 is 10.1 Å². The van der Waals surface area contributed by atoms with Crippen LogP contribution in [0.5, 0.6) is 0 Å². The molecule has 1 saturated carbocycles. The first-order valence-electron chi connectivity index (χ1n) is 7.57. The SMILES string of the molecule is Clc1nc(C2CCC2)n2nc(NC3CCOCC3)ncc12. The lowest BCUT2D eigenvalue weighted by Gasteiger charge is -2.24. The molecule has 112 valence electrons. The van der Waals surface area contributed by atoms with E-state index in [4.69, 9.17) is 16.3 Å². The molecule has 0 aromatic carbocycles. The van der Waals surface area contributed by atoms with Crippen LogP contribution in [0.1, 0.15) is 43.8 Å². The molecule has 0 atom stereocenters. The van der Waals surface area contributed by atoms with Crippen molar-refractivity contribution in [1.29, 1.82) is 0 Å². The number of ether oxygens (including phenoxy) is 1. The summed E-state index contributed by atoms with van der Waals surface area (Å²) in [5.41, 5.74) is 0.788. The fourth-order valence-electron chi connectivity index (χ4n) is 2.89. The van der Waals surface area contributed by atoms with Gasteiger partial charge in [0.15, 0.2) is 5.15 Å². The van der Waals surface area contributed by atoms with E-state index in [1.165, 1.54) is 19.3 Å². The number of rotatable bonds is 3. The molecule has 2 aliphatic rings. The zero-order valence-corrected chi connectivity index (χ0v) is 12.5. The maximum absolute atomic E-state index is 6.20. The van der Waals surface area contributed by atoms with E-state index in [0.29, 0.717) is 23.1 Å². The zero-order valence-electron chi connectivity index (χ0n) is 11.8. The molecule has 0 spiro atoms. The molecular weight excluding hydrogens is 290 g/mol. The summed E-state index contributed by atoms with van der Waals surface area (Å²) in [5.74, 6) is 2.10. The number of nitrogens with one attached hydrogen (secondary N) is 1. The van der Waals surface area contributed by atoms with Crippen molar-refractivity contribution in [3.63, 3.8) is 0 Å². The third-order valence-electron chi connectivity index (χ3n) is 4.40. The van der Waals surface area contributed by atoms with Gasteiger partial charge in [0, 0.05) is 25.2 Å². The van der Waals surface area contributed by atoms with Crippen LogP contribution in [0.25, 0.3) is 5.52 Å². The number of nitrogens with zero attached hydrogens (tertiary/aromatic N) is 4. The zero-order chi connectivity index (χ0) is 14.2. The van der Waals surface area contributed by atoms with Gasteiger partial charge in [0.25, 0.3) is 0 Å². The van der Waals surface area contributed by atoms with Gasteiger partial charge in [0.1, 0.15) is 11.3 Å². The molecule has 1 aliphatic heterocycles. The van der Waals surface area contributed by atoms with Crippen LogP contribution in [0, 0.1) is 0 Å². The number of hydrogen-bond donors (Lipinski definition) is 1. The molecule has 1 aliphatic carbocycles. The molecule has 0 radical (unpaired) electrons. The van der Waals surface area contributed by atoms with Crippen molar-refractivity contribution >= 4 is 23.1 Å². The maximum atomic E-state index is 6.20. The Kier molecular flexibility index (Phi) is 3.43. The van der Waals surface area contributed by atoms with Gasteiger partial charge in [-0.3, -0.25) is 0 Å². The summed E-state index contributed by atoms with van der Waals surface area (Å²) in [6, 6.07) is 0.377. The highest BCUT2D eigenvalue weighted by Gasteiger charge is 2.26. The molecule has 3 heterocycles. The van der Waals surface area contributed by atoms with Crippen molar-refractivity contribution in [2.45, 2.75) is 44.1 Å². The van der Waals surface area contributed by atoms with Gasteiger partial charge in [-0.2, -0.15) is 0 Å². The highest BCUT2D eigenvalue weighted by Crippen LogP contribution is 2.36. The number of anilines is 1. The van der Waals surface area contributed by atoms with E-state index in [-0.39, 0.29) is 0 Å². The summed E-state index contributed by atoms with van der Waals surface area (Å²) < 4.78 is 7.23. The number of aromatic nitrogens is 4. The quantitative estimate of drug-likeness (QED) is 0.944. The van der Waals surface area contributed by atoms with Crippen molar-refractivity contribution in [2.24, 2.45) is 0 Å². The van der Waals surface area contributed by atoms with Gasteiger partial charge in [-0.15, -0.1) is 5.10 Å². The van der Waals surface area contributed by atoms with E-state index in [9.17, 15) is 0 Å². The molecule has 2 fully saturated rings. The first kappa shape index (κ1) is 13.3. The molecule has 0 bridgehead atoms. The maximum Gasteiger partial charge on any atom is 0.241 e. The number of fused-ring (bicyclic) bond motifs is 1. The van der Waals surface area contributed by atoms with E-state index in [1.54, 1.807) is 6.20 Å². The summed E-state index contributed by atoms with van der Waals surface area (Å²) in [6.45, 7) is 1.59. The van der Waals surface area contributed by atoms with Crippen molar-refractivity contribution in [3.05, 3.63) is 17.2 Å². The third kappa shape index (κ3) is 2.46. The number of hydrogen-bond acceptors (Lipinski definition) is 5. The predicted molar refractivity (Wildman–Crippen MR) is 79.8 cm³/mol. The van der Waals surface area contributed by atoms with Gasteiger partial charge >= 0.3 is 0 Å². The van der Waals surface area contributed by atoms with Crippen LogP contribution in [-0.4, -0.2) is 38.8 Å². The number of imidazole rings is 1. The second-order valence-corrected chi connectivity index (χ2v) is 6.16. The summed E-state index contributed by atoms with van der Waals surface area (Å²) in [7, 11) is 0. The number of halogens is 1. The van der Waals surface area contributed by atoms with Crippen molar-refractivity contribution in [1.82, 2.24) is 19.6 Å². The Labute approximate surface area is 127 Å². The van der Waals surface area contributed by atoms with Gasteiger partial charge in [-0.25, -0.2) is 14.5 Å². The minimum atomic E-state index is 0.377. The lowest BCUT2D eigenvalue weighted by atomic mass is 9.85. The molecule has 7 heteroatoms. The van der Waals surface area contributed by atoms with Gasteiger partial charge in [0.05, 0.1) is 6.20 Å². The molecule has 0 amide bonds. The topological polar surface area (TPSA) is 64.3 Å².